The largest absolute Gasteiger partial charge is 0.493 e. The molecule has 1 unspecified atom stereocenters. The Bertz CT molecular complexity index is 790. The van der Waals surface area contributed by atoms with E-state index in [0.29, 0.717) is 6.04 Å². The maximum Gasteiger partial charge on any atom is 0.165 e. The van der Waals surface area contributed by atoms with Gasteiger partial charge in [0.05, 0.1) is 28.4 Å². The number of hydrogen-bond acceptors (Lipinski definition) is 5. The smallest absolute Gasteiger partial charge is 0.165 e. The molecule has 5 nitrogen and oxygen atoms in total. The van der Waals surface area contributed by atoms with Crippen molar-refractivity contribution in [2.45, 2.75) is 32.4 Å². The predicted octanol–water partition coefficient (Wildman–Crippen LogP) is 4.23. The second-order valence-corrected chi connectivity index (χ2v) is 6.70. The summed E-state index contributed by atoms with van der Waals surface area (Å²) >= 11 is 0. The van der Waals surface area contributed by atoms with Gasteiger partial charge in [-0.25, -0.2) is 0 Å². The summed E-state index contributed by atoms with van der Waals surface area (Å²) < 4.78 is 22.1. The molecule has 5 heteroatoms. The van der Waals surface area contributed by atoms with E-state index in [4.69, 9.17) is 18.9 Å². The van der Waals surface area contributed by atoms with Crippen LogP contribution in [0, 0.1) is 0 Å². The second-order valence-electron chi connectivity index (χ2n) is 6.70. The summed E-state index contributed by atoms with van der Waals surface area (Å²) in [5.41, 5.74) is 3.80. The van der Waals surface area contributed by atoms with E-state index in [-0.39, 0.29) is 0 Å². The standard InChI is InChI=1S/C22H29NO4/c1-6-18-17-13-21(26-4)20(25-3)12-15(17)10-11-23(18)14-16-8-7-9-19(24-2)22(16)27-5/h7-9,12-13,18H,6,10-11,14H2,1-5H3. The zero-order chi connectivity index (χ0) is 19.4. The average molecular weight is 371 g/mol. The highest BCUT2D eigenvalue weighted by Crippen LogP contribution is 2.41. The molecule has 1 atom stereocenters. The summed E-state index contributed by atoms with van der Waals surface area (Å²) in [7, 11) is 6.74. The van der Waals surface area contributed by atoms with Crippen LogP contribution in [-0.2, 0) is 13.0 Å². The molecule has 146 valence electrons. The Morgan fingerprint density at radius 2 is 1.63 bits per heavy atom. The van der Waals surface area contributed by atoms with E-state index >= 15 is 0 Å². The highest BCUT2D eigenvalue weighted by Gasteiger charge is 2.28. The van der Waals surface area contributed by atoms with E-state index in [0.717, 1.165) is 54.5 Å². The number of hydrogen-bond donors (Lipinski definition) is 0. The van der Waals surface area contributed by atoms with Gasteiger partial charge in [-0.1, -0.05) is 19.1 Å². The first-order chi connectivity index (χ1) is 13.2. The van der Waals surface area contributed by atoms with Gasteiger partial charge in [-0.15, -0.1) is 0 Å². The summed E-state index contributed by atoms with van der Waals surface area (Å²) in [6.07, 6.45) is 2.01. The summed E-state index contributed by atoms with van der Waals surface area (Å²) in [5.74, 6) is 3.17. The van der Waals surface area contributed by atoms with Crippen LogP contribution in [0.1, 0.15) is 36.1 Å². The molecule has 0 aromatic heterocycles. The Labute approximate surface area is 161 Å². The maximum atomic E-state index is 5.63. The van der Waals surface area contributed by atoms with E-state index < -0.39 is 0 Å². The van der Waals surface area contributed by atoms with Crippen molar-refractivity contribution in [2.24, 2.45) is 0 Å². The molecule has 1 aliphatic heterocycles. The molecule has 0 bridgehead atoms. The zero-order valence-electron chi connectivity index (χ0n) is 16.9. The lowest BCUT2D eigenvalue weighted by Crippen LogP contribution is -2.35. The van der Waals surface area contributed by atoms with Gasteiger partial charge in [0.1, 0.15) is 0 Å². The van der Waals surface area contributed by atoms with Crippen LogP contribution in [0.4, 0.5) is 0 Å². The van der Waals surface area contributed by atoms with Crippen LogP contribution >= 0.6 is 0 Å². The third kappa shape index (κ3) is 3.69. The molecule has 1 aliphatic rings. The van der Waals surface area contributed by atoms with Crippen LogP contribution in [0.15, 0.2) is 30.3 Å². The van der Waals surface area contributed by atoms with Crippen LogP contribution in [0.5, 0.6) is 23.0 Å². The van der Waals surface area contributed by atoms with E-state index in [1.807, 2.05) is 12.1 Å². The lowest BCUT2D eigenvalue weighted by molar-refractivity contribution is 0.168. The number of rotatable bonds is 7. The molecule has 3 rings (SSSR count). The molecule has 0 radical (unpaired) electrons. The minimum Gasteiger partial charge on any atom is -0.493 e. The highest BCUT2D eigenvalue weighted by atomic mass is 16.5. The van der Waals surface area contributed by atoms with E-state index in [2.05, 4.69) is 30.0 Å². The van der Waals surface area contributed by atoms with Crippen molar-refractivity contribution in [1.82, 2.24) is 4.90 Å². The summed E-state index contributed by atoms with van der Waals surface area (Å²) in [4.78, 5) is 2.51. The van der Waals surface area contributed by atoms with Crippen molar-refractivity contribution >= 4 is 0 Å². The third-order valence-corrected chi connectivity index (χ3v) is 5.36. The quantitative estimate of drug-likeness (QED) is 0.728. The SMILES string of the molecule is CCC1c2cc(OC)c(OC)cc2CCN1Cc1cccc(OC)c1OC. The van der Waals surface area contributed by atoms with Gasteiger partial charge in [0.2, 0.25) is 0 Å². The van der Waals surface area contributed by atoms with Gasteiger partial charge in [-0.05, 0) is 42.2 Å². The summed E-state index contributed by atoms with van der Waals surface area (Å²) in [5, 5.41) is 0. The van der Waals surface area contributed by atoms with Crippen molar-refractivity contribution in [3.8, 4) is 23.0 Å². The molecular formula is C22H29NO4. The average Bonchev–Trinajstić information content (AvgIpc) is 2.72. The number of para-hydroxylation sites is 1. The molecule has 1 heterocycles. The maximum absolute atomic E-state index is 5.63. The van der Waals surface area contributed by atoms with E-state index in [1.54, 1.807) is 28.4 Å². The first kappa shape index (κ1) is 19.4. The zero-order valence-corrected chi connectivity index (χ0v) is 16.9. The van der Waals surface area contributed by atoms with Gasteiger partial charge in [0.25, 0.3) is 0 Å². The molecular weight excluding hydrogens is 342 g/mol. The molecule has 2 aromatic carbocycles. The first-order valence-corrected chi connectivity index (χ1v) is 9.35. The van der Waals surface area contributed by atoms with Gasteiger partial charge in [0, 0.05) is 24.7 Å². The van der Waals surface area contributed by atoms with Crippen molar-refractivity contribution in [2.75, 3.05) is 35.0 Å². The van der Waals surface area contributed by atoms with Crippen LogP contribution in [0.2, 0.25) is 0 Å². The van der Waals surface area contributed by atoms with Crippen molar-refractivity contribution in [3.05, 3.63) is 47.0 Å². The van der Waals surface area contributed by atoms with Gasteiger partial charge in [-0.2, -0.15) is 0 Å². The van der Waals surface area contributed by atoms with Gasteiger partial charge < -0.3 is 18.9 Å². The number of fused-ring (bicyclic) bond motifs is 1. The van der Waals surface area contributed by atoms with Gasteiger partial charge in [0.15, 0.2) is 23.0 Å². The summed E-state index contributed by atoms with van der Waals surface area (Å²) in [6, 6.07) is 10.6. The Morgan fingerprint density at radius 1 is 0.926 bits per heavy atom. The molecule has 2 aromatic rings. The molecule has 0 N–H and O–H groups in total. The lowest BCUT2D eigenvalue weighted by Gasteiger charge is -2.37. The monoisotopic (exact) mass is 371 g/mol. The fourth-order valence-corrected chi connectivity index (χ4v) is 4.04. The third-order valence-electron chi connectivity index (χ3n) is 5.36. The molecule has 0 fully saturated rings. The van der Waals surface area contributed by atoms with Gasteiger partial charge >= 0.3 is 0 Å². The lowest BCUT2D eigenvalue weighted by atomic mass is 9.90. The van der Waals surface area contributed by atoms with Crippen molar-refractivity contribution < 1.29 is 18.9 Å². The molecule has 0 aliphatic carbocycles. The topological polar surface area (TPSA) is 40.2 Å². The van der Waals surface area contributed by atoms with Crippen LogP contribution in [0.3, 0.4) is 0 Å². The number of benzene rings is 2. The minimum absolute atomic E-state index is 0.324. The van der Waals surface area contributed by atoms with E-state index in [1.165, 1.54) is 11.1 Å². The fraction of sp³-hybridized carbons (Fsp3) is 0.455. The Hall–Kier alpha value is -2.40. The Kier molecular flexibility index (Phi) is 6.11. The second kappa shape index (κ2) is 8.53. The van der Waals surface area contributed by atoms with E-state index in [9.17, 15) is 0 Å². The van der Waals surface area contributed by atoms with Crippen molar-refractivity contribution in [1.29, 1.82) is 0 Å². The van der Waals surface area contributed by atoms with Crippen LogP contribution in [0.25, 0.3) is 0 Å². The normalized spacial score (nSPS) is 16.6. The Balaban J connectivity index is 1.94. The minimum atomic E-state index is 0.324. The summed E-state index contributed by atoms with van der Waals surface area (Å²) in [6.45, 7) is 4.03. The molecule has 27 heavy (non-hydrogen) atoms. The molecule has 0 amide bonds. The predicted molar refractivity (Wildman–Crippen MR) is 106 cm³/mol. The van der Waals surface area contributed by atoms with Crippen LogP contribution in [-0.4, -0.2) is 39.9 Å². The Morgan fingerprint density at radius 3 is 2.26 bits per heavy atom. The molecule has 0 spiro atoms. The van der Waals surface area contributed by atoms with Crippen LogP contribution < -0.4 is 18.9 Å². The van der Waals surface area contributed by atoms with Gasteiger partial charge in [-0.3, -0.25) is 4.90 Å². The number of methoxy groups -OCH3 is 4. The first-order valence-electron chi connectivity index (χ1n) is 9.35. The number of nitrogens with zero attached hydrogens (tertiary/aromatic N) is 1. The van der Waals surface area contributed by atoms with Crippen molar-refractivity contribution in [3.63, 3.8) is 0 Å². The highest BCUT2D eigenvalue weighted by molar-refractivity contribution is 5.50. The molecule has 0 saturated carbocycles. The fourth-order valence-electron chi connectivity index (χ4n) is 4.04. The molecule has 0 saturated heterocycles. The number of ether oxygens (including phenoxy) is 4.